The molecule has 0 aromatic carbocycles. The predicted molar refractivity (Wildman–Crippen MR) is 51.3 cm³/mol. The summed E-state index contributed by atoms with van der Waals surface area (Å²) in [5, 5.41) is 0. The minimum Gasteiger partial charge on any atom is -0.295 e. The van der Waals surface area contributed by atoms with E-state index in [0.717, 1.165) is 25.7 Å². The summed E-state index contributed by atoms with van der Waals surface area (Å²) in [5.41, 5.74) is -1.00. The summed E-state index contributed by atoms with van der Waals surface area (Å²) >= 11 is 0. The van der Waals surface area contributed by atoms with Crippen LogP contribution in [0, 0.1) is 0 Å². The Labute approximate surface area is 80.6 Å². The lowest BCUT2D eigenvalue weighted by molar-refractivity contribution is 0.425. The standard InChI is InChI=1S/C9H13N3O2/c13-8-10-7(11-9(14)12-8)6-4-2-1-3-5-6/h6H,1-5H2,(H2,10,11,12,13,14). The van der Waals surface area contributed by atoms with Gasteiger partial charge in [0.25, 0.3) is 0 Å². The van der Waals surface area contributed by atoms with E-state index >= 15 is 0 Å². The van der Waals surface area contributed by atoms with Crippen molar-refractivity contribution in [2.75, 3.05) is 0 Å². The average molecular weight is 195 g/mol. The zero-order valence-electron chi connectivity index (χ0n) is 7.88. The Morgan fingerprint density at radius 3 is 2.43 bits per heavy atom. The molecule has 76 valence electrons. The summed E-state index contributed by atoms with van der Waals surface area (Å²) in [6.45, 7) is 0. The van der Waals surface area contributed by atoms with Crippen LogP contribution in [0.2, 0.25) is 0 Å². The molecular weight excluding hydrogens is 182 g/mol. The maximum absolute atomic E-state index is 11.0. The van der Waals surface area contributed by atoms with Crippen LogP contribution in [-0.4, -0.2) is 15.0 Å². The molecule has 1 saturated carbocycles. The molecule has 14 heavy (non-hydrogen) atoms. The molecular formula is C9H13N3O2. The highest BCUT2D eigenvalue weighted by molar-refractivity contribution is 4.95. The Bertz CT molecular complexity index is 386. The Kier molecular flexibility index (Phi) is 2.47. The van der Waals surface area contributed by atoms with E-state index in [9.17, 15) is 9.59 Å². The monoisotopic (exact) mass is 195 g/mol. The molecule has 0 amide bonds. The molecule has 2 N–H and O–H groups in total. The molecule has 1 aromatic rings. The minimum absolute atomic E-state index is 0.263. The molecule has 0 radical (unpaired) electrons. The summed E-state index contributed by atoms with van der Waals surface area (Å²) in [7, 11) is 0. The van der Waals surface area contributed by atoms with Crippen molar-refractivity contribution in [2.45, 2.75) is 38.0 Å². The van der Waals surface area contributed by atoms with Crippen molar-refractivity contribution in [2.24, 2.45) is 0 Å². The van der Waals surface area contributed by atoms with Crippen LogP contribution in [0.4, 0.5) is 0 Å². The van der Waals surface area contributed by atoms with Crippen molar-refractivity contribution in [3.8, 4) is 0 Å². The molecule has 1 aliphatic carbocycles. The second kappa shape index (κ2) is 3.77. The highest BCUT2D eigenvalue weighted by atomic mass is 16.2. The average Bonchev–Trinajstić information content (AvgIpc) is 2.18. The summed E-state index contributed by atoms with van der Waals surface area (Å²) in [6, 6.07) is 0. The van der Waals surface area contributed by atoms with E-state index in [2.05, 4.69) is 15.0 Å². The zero-order valence-corrected chi connectivity index (χ0v) is 7.88. The number of H-pyrrole nitrogens is 2. The van der Waals surface area contributed by atoms with Crippen LogP contribution in [0.1, 0.15) is 43.8 Å². The van der Waals surface area contributed by atoms with Crippen LogP contribution in [0.5, 0.6) is 0 Å². The molecule has 1 aromatic heterocycles. The van der Waals surface area contributed by atoms with Gasteiger partial charge in [-0.15, -0.1) is 0 Å². The zero-order chi connectivity index (χ0) is 9.97. The predicted octanol–water partition coefficient (Wildman–Crippen LogP) is 0.506. The van der Waals surface area contributed by atoms with Gasteiger partial charge in [-0.1, -0.05) is 19.3 Å². The van der Waals surface area contributed by atoms with E-state index in [-0.39, 0.29) is 5.92 Å². The molecule has 0 aliphatic heterocycles. The fourth-order valence-corrected chi connectivity index (χ4v) is 1.98. The van der Waals surface area contributed by atoms with E-state index in [1.165, 1.54) is 6.42 Å². The molecule has 0 saturated heterocycles. The first kappa shape index (κ1) is 9.18. The maximum Gasteiger partial charge on any atom is 0.350 e. The Morgan fingerprint density at radius 1 is 1.07 bits per heavy atom. The second-order valence-electron chi connectivity index (χ2n) is 3.72. The molecule has 0 bridgehead atoms. The molecule has 5 heteroatoms. The lowest BCUT2D eigenvalue weighted by Gasteiger charge is -2.19. The SMILES string of the molecule is O=c1nc(C2CCCCC2)[nH]c(=O)[nH]1. The fourth-order valence-electron chi connectivity index (χ4n) is 1.98. The van der Waals surface area contributed by atoms with Crippen molar-refractivity contribution in [1.29, 1.82) is 0 Å². The molecule has 1 fully saturated rings. The van der Waals surface area contributed by atoms with Crippen molar-refractivity contribution < 1.29 is 0 Å². The first-order valence-electron chi connectivity index (χ1n) is 4.96. The van der Waals surface area contributed by atoms with Gasteiger partial charge < -0.3 is 0 Å². The van der Waals surface area contributed by atoms with Crippen molar-refractivity contribution in [3.63, 3.8) is 0 Å². The smallest absolute Gasteiger partial charge is 0.295 e. The van der Waals surface area contributed by atoms with E-state index in [1.807, 2.05) is 0 Å². The number of rotatable bonds is 1. The van der Waals surface area contributed by atoms with Gasteiger partial charge >= 0.3 is 11.4 Å². The van der Waals surface area contributed by atoms with Crippen molar-refractivity contribution in [1.82, 2.24) is 15.0 Å². The first-order valence-corrected chi connectivity index (χ1v) is 4.96. The largest absolute Gasteiger partial charge is 0.350 e. The number of hydrogen-bond acceptors (Lipinski definition) is 3. The van der Waals surface area contributed by atoms with Gasteiger partial charge in [0.15, 0.2) is 0 Å². The number of hydrogen-bond donors (Lipinski definition) is 2. The third-order valence-electron chi connectivity index (χ3n) is 2.68. The van der Waals surface area contributed by atoms with Gasteiger partial charge in [0.1, 0.15) is 5.82 Å². The third-order valence-corrected chi connectivity index (χ3v) is 2.68. The Balaban J connectivity index is 2.30. The fraction of sp³-hybridized carbons (Fsp3) is 0.667. The summed E-state index contributed by atoms with van der Waals surface area (Å²) in [6.07, 6.45) is 5.59. The second-order valence-corrected chi connectivity index (χ2v) is 3.72. The summed E-state index contributed by atoms with van der Waals surface area (Å²) in [4.78, 5) is 30.4. The van der Waals surface area contributed by atoms with Crippen LogP contribution in [0.3, 0.4) is 0 Å². The van der Waals surface area contributed by atoms with Gasteiger partial charge in [-0.25, -0.2) is 9.59 Å². The van der Waals surface area contributed by atoms with E-state index in [0.29, 0.717) is 5.82 Å². The highest BCUT2D eigenvalue weighted by Gasteiger charge is 2.17. The molecule has 1 heterocycles. The molecule has 0 unspecified atom stereocenters. The van der Waals surface area contributed by atoms with Crippen LogP contribution in [0.25, 0.3) is 0 Å². The molecule has 0 spiro atoms. The number of aromatic amines is 2. The minimum atomic E-state index is -0.547. The quantitative estimate of drug-likeness (QED) is 0.685. The van der Waals surface area contributed by atoms with Gasteiger partial charge in [0, 0.05) is 5.92 Å². The van der Waals surface area contributed by atoms with Crippen molar-refractivity contribution >= 4 is 0 Å². The first-order chi connectivity index (χ1) is 6.75. The van der Waals surface area contributed by atoms with Crippen LogP contribution in [0.15, 0.2) is 9.59 Å². The van der Waals surface area contributed by atoms with Crippen molar-refractivity contribution in [3.05, 3.63) is 26.8 Å². The Morgan fingerprint density at radius 2 is 1.79 bits per heavy atom. The topological polar surface area (TPSA) is 78.6 Å². The lowest BCUT2D eigenvalue weighted by Crippen LogP contribution is -2.28. The number of aromatic nitrogens is 3. The van der Waals surface area contributed by atoms with Crippen LogP contribution < -0.4 is 11.4 Å². The van der Waals surface area contributed by atoms with Crippen LogP contribution >= 0.6 is 0 Å². The van der Waals surface area contributed by atoms with Gasteiger partial charge in [-0.05, 0) is 12.8 Å². The number of nitrogens with zero attached hydrogens (tertiary/aromatic N) is 1. The third kappa shape index (κ3) is 1.92. The normalized spacial score (nSPS) is 18.3. The van der Waals surface area contributed by atoms with Gasteiger partial charge in [0.05, 0.1) is 0 Å². The lowest BCUT2D eigenvalue weighted by atomic mass is 9.89. The summed E-state index contributed by atoms with van der Waals surface area (Å²) in [5.74, 6) is 0.817. The summed E-state index contributed by atoms with van der Waals surface area (Å²) < 4.78 is 0. The van der Waals surface area contributed by atoms with Gasteiger partial charge in [-0.2, -0.15) is 4.98 Å². The number of nitrogens with one attached hydrogen (secondary N) is 2. The van der Waals surface area contributed by atoms with Crippen LogP contribution in [-0.2, 0) is 0 Å². The molecule has 5 nitrogen and oxygen atoms in total. The van der Waals surface area contributed by atoms with Gasteiger partial charge in [-0.3, -0.25) is 9.97 Å². The highest BCUT2D eigenvalue weighted by Crippen LogP contribution is 2.29. The Hall–Kier alpha value is -1.39. The van der Waals surface area contributed by atoms with E-state index in [1.54, 1.807) is 0 Å². The van der Waals surface area contributed by atoms with E-state index in [4.69, 9.17) is 0 Å². The molecule has 1 aliphatic rings. The van der Waals surface area contributed by atoms with Gasteiger partial charge in [0.2, 0.25) is 0 Å². The van der Waals surface area contributed by atoms with E-state index < -0.39 is 11.4 Å². The molecule has 0 atom stereocenters. The maximum atomic E-state index is 11.0. The molecule has 2 rings (SSSR count).